The largest absolute Gasteiger partial charge is 0.477 e. The third-order valence-corrected chi connectivity index (χ3v) is 5.09. The lowest BCUT2D eigenvalue weighted by atomic mass is 10.2. The van der Waals surface area contributed by atoms with Crippen molar-refractivity contribution in [1.29, 1.82) is 0 Å². The molecular weight excluding hydrogens is 298 g/mol. The van der Waals surface area contributed by atoms with Gasteiger partial charge >= 0.3 is 5.97 Å². The molecule has 0 radical (unpaired) electrons. The van der Waals surface area contributed by atoms with Gasteiger partial charge in [-0.2, -0.15) is 5.10 Å². The van der Waals surface area contributed by atoms with Gasteiger partial charge in [0.15, 0.2) is 0 Å². The van der Waals surface area contributed by atoms with E-state index in [0.29, 0.717) is 10.9 Å². The molecule has 22 heavy (non-hydrogen) atoms. The molecule has 6 heteroatoms. The molecule has 1 N–H and O–H groups in total. The van der Waals surface area contributed by atoms with Gasteiger partial charge in [0, 0.05) is 29.2 Å². The lowest BCUT2D eigenvalue weighted by molar-refractivity contribution is 0.0702. The van der Waals surface area contributed by atoms with Gasteiger partial charge in [0.1, 0.15) is 4.88 Å². The summed E-state index contributed by atoms with van der Waals surface area (Å²) in [5.41, 5.74) is 1.18. The molecule has 3 rings (SSSR count). The molecule has 1 unspecified atom stereocenters. The molecule has 2 aromatic rings. The first-order valence-corrected chi connectivity index (χ1v) is 8.18. The van der Waals surface area contributed by atoms with Crippen LogP contribution in [0, 0.1) is 0 Å². The van der Waals surface area contributed by atoms with Crippen LogP contribution >= 0.6 is 11.3 Å². The first-order valence-electron chi connectivity index (χ1n) is 7.36. The summed E-state index contributed by atoms with van der Waals surface area (Å²) in [6.07, 6.45) is 8.00. The number of aromatic nitrogens is 2. The zero-order chi connectivity index (χ0) is 15.5. The number of allylic oxidation sites excluding steroid dienone is 1. The third-order valence-electron chi connectivity index (χ3n) is 3.92. The highest BCUT2D eigenvalue weighted by Crippen LogP contribution is 2.36. The molecule has 0 bridgehead atoms. The normalized spacial score (nSPS) is 18.6. The second-order valence-electron chi connectivity index (χ2n) is 5.49. The van der Waals surface area contributed by atoms with Crippen LogP contribution in [0.2, 0.25) is 0 Å². The summed E-state index contributed by atoms with van der Waals surface area (Å²) in [4.78, 5) is 15.0. The van der Waals surface area contributed by atoms with Gasteiger partial charge in [0.25, 0.3) is 0 Å². The van der Waals surface area contributed by atoms with Gasteiger partial charge in [0.2, 0.25) is 0 Å². The van der Waals surface area contributed by atoms with Crippen molar-refractivity contribution >= 4 is 17.3 Å². The van der Waals surface area contributed by atoms with Gasteiger partial charge in [-0.3, -0.25) is 9.58 Å². The predicted molar refractivity (Wildman–Crippen MR) is 86.1 cm³/mol. The van der Waals surface area contributed by atoms with Crippen molar-refractivity contribution < 1.29 is 9.90 Å². The maximum atomic E-state index is 11.0. The Morgan fingerprint density at radius 1 is 1.55 bits per heavy atom. The molecule has 1 saturated heterocycles. The van der Waals surface area contributed by atoms with Crippen LogP contribution in [0.15, 0.2) is 37.2 Å². The first kappa shape index (κ1) is 15.0. The number of aromatic carboxylic acids is 1. The Kier molecular flexibility index (Phi) is 4.40. The summed E-state index contributed by atoms with van der Waals surface area (Å²) >= 11 is 1.39. The van der Waals surface area contributed by atoms with Gasteiger partial charge in [-0.1, -0.05) is 6.08 Å². The van der Waals surface area contributed by atoms with Crippen LogP contribution < -0.4 is 0 Å². The minimum atomic E-state index is -0.841. The topological polar surface area (TPSA) is 58.4 Å². The lowest BCUT2D eigenvalue weighted by Gasteiger charge is -2.22. The fourth-order valence-corrected chi connectivity index (χ4v) is 3.96. The number of carboxylic acids is 1. The van der Waals surface area contributed by atoms with Crippen LogP contribution in [0.4, 0.5) is 0 Å². The summed E-state index contributed by atoms with van der Waals surface area (Å²) in [5.74, 6) is -0.841. The monoisotopic (exact) mass is 317 g/mol. The molecule has 116 valence electrons. The molecule has 0 aliphatic carbocycles. The Morgan fingerprint density at radius 2 is 2.41 bits per heavy atom. The van der Waals surface area contributed by atoms with E-state index in [9.17, 15) is 4.79 Å². The van der Waals surface area contributed by atoms with Crippen molar-refractivity contribution in [3.8, 4) is 0 Å². The van der Waals surface area contributed by atoms with E-state index in [4.69, 9.17) is 5.11 Å². The van der Waals surface area contributed by atoms with Crippen LogP contribution in [0.3, 0.4) is 0 Å². The lowest BCUT2D eigenvalue weighted by Crippen LogP contribution is -2.21. The average molecular weight is 317 g/mol. The molecule has 1 atom stereocenters. The number of carboxylic acid groups (broad SMARTS) is 1. The van der Waals surface area contributed by atoms with Crippen LogP contribution in [0.1, 0.15) is 39.0 Å². The molecular formula is C16H19N3O2S. The number of thiophene rings is 1. The van der Waals surface area contributed by atoms with Crippen molar-refractivity contribution in [2.45, 2.75) is 32.0 Å². The molecule has 0 saturated carbocycles. The number of nitrogens with zero attached hydrogens (tertiary/aromatic N) is 3. The molecule has 0 amide bonds. The van der Waals surface area contributed by atoms with Crippen molar-refractivity contribution in [2.75, 3.05) is 6.54 Å². The van der Waals surface area contributed by atoms with E-state index in [1.54, 1.807) is 6.07 Å². The van der Waals surface area contributed by atoms with Crippen LogP contribution in [0.25, 0.3) is 0 Å². The first-order chi connectivity index (χ1) is 10.7. The second-order valence-corrected chi connectivity index (χ2v) is 6.61. The van der Waals surface area contributed by atoms with Crippen LogP contribution in [-0.4, -0.2) is 32.3 Å². The van der Waals surface area contributed by atoms with E-state index in [1.165, 1.54) is 16.9 Å². The number of carbonyl (C=O) groups is 1. The summed E-state index contributed by atoms with van der Waals surface area (Å²) in [6, 6.07) is 3.99. The molecule has 2 aromatic heterocycles. The van der Waals surface area contributed by atoms with E-state index in [0.717, 1.165) is 37.4 Å². The predicted octanol–water partition coefficient (Wildman–Crippen LogP) is 3.17. The maximum absolute atomic E-state index is 11.0. The fourth-order valence-electron chi connectivity index (χ4n) is 2.94. The Bertz CT molecular complexity index is 676. The smallest absolute Gasteiger partial charge is 0.345 e. The molecule has 1 fully saturated rings. The van der Waals surface area contributed by atoms with E-state index in [1.807, 2.05) is 29.2 Å². The maximum Gasteiger partial charge on any atom is 0.345 e. The van der Waals surface area contributed by atoms with E-state index >= 15 is 0 Å². The molecule has 1 aliphatic rings. The zero-order valence-electron chi connectivity index (χ0n) is 12.3. The number of rotatable bonds is 6. The van der Waals surface area contributed by atoms with E-state index in [-0.39, 0.29) is 0 Å². The van der Waals surface area contributed by atoms with E-state index in [2.05, 4.69) is 16.6 Å². The molecule has 1 aliphatic heterocycles. The van der Waals surface area contributed by atoms with Gasteiger partial charge in [0.05, 0.1) is 12.7 Å². The average Bonchev–Trinajstić information content (AvgIpc) is 3.19. The molecule has 0 aromatic carbocycles. The number of hydrogen-bond acceptors (Lipinski definition) is 4. The molecule has 0 spiro atoms. The Labute approximate surface area is 133 Å². The summed E-state index contributed by atoms with van der Waals surface area (Å²) in [6.45, 7) is 6.33. The Morgan fingerprint density at radius 3 is 3.14 bits per heavy atom. The summed E-state index contributed by atoms with van der Waals surface area (Å²) in [7, 11) is 0. The quantitative estimate of drug-likeness (QED) is 0.831. The molecule has 3 heterocycles. The van der Waals surface area contributed by atoms with Crippen molar-refractivity contribution in [3.05, 3.63) is 52.5 Å². The third kappa shape index (κ3) is 3.13. The molecule has 5 nitrogen and oxygen atoms in total. The van der Waals surface area contributed by atoms with Gasteiger partial charge in [-0.25, -0.2) is 4.79 Å². The van der Waals surface area contributed by atoms with Gasteiger partial charge in [-0.15, -0.1) is 17.9 Å². The Balaban J connectivity index is 1.71. The standard InChI is InChI=1S/C16H19N3O2S/c1-2-7-19-11-12(9-17-19)10-18-8-3-4-13(18)14-5-6-15(22-14)16(20)21/h2,5-6,9,11,13H,1,3-4,7-8,10H2,(H,20,21). The fraction of sp³-hybridized carbons (Fsp3) is 0.375. The second kappa shape index (κ2) is 6.46. The Hall–Kier alpha value is -1.92. The summed E-state index contributed by atoms with van der Waals surface area (Å²) < 4.78 is 1.88. The highest BCUT2D eigenvalue weighted by molar-refractivity contribution is 7.14. The van der Waals surface area contributed by atoms with Crippen molar-refractivity contribution in [1.82, 2.24) is 14.7 Å². The highest BCUT2D eigenvalue weighted by Gasteiger charge is 2.28. The zero-order valence-corrected chi connectivity index (χ0v) is 13.1. The summed E-state index contributed by atoms with van der Waals surface area (Å²) in [5, 5.41) is 13.4. The highest BCUT2D eigenvalue weighted by atomic mass is 32.1. The number of likely N-dealkylation sites (tertiary alicyclic amines) is 1. The van der Waals surface area contributed by atoms with Crippen molar-refractivity contribution in [2.24, 2.45) is 0 Å². The van der Waals surface area contributed by atoms with Gasteiger partial charge in [-0.05, 0) is 31.5 Å². The van der Waals surface area contributed by atoms with Crippen LogP contribution in [-0.2, 0) is 13.1 Å². The minimum absolute atomic E-state index is 0.320. The SMILES string of the molecule is C=CCn1cc(CN2CCCC2c2ccc(C(=O)O)s2)cn1. The van der Waals surface area contributed by atoms with Crippen molar-refractivity contribution in [3.63, 3.8) is 0 Å². The van der Waals surface area contributed by atoms with Crippen LogP contribution in [0.5, 0.6) is 0 Å². The minimum Gasteiger partial charge on any atom is -0.477 e. The van der Waals surface area contributed by atoms with E-state index < -0.39 is 5.97 Å². The van der Waals surface area contributed by atoms with Gasteiger partial charge < -0.3 is 5.11 Å². The number of hydrogen-bond donors (Lipinski definition) is 1.